The molecule has 0 radical (unpaired) electrons. The predicted molar refractivity (Wildman–Crippen MR) is 95.2 cm³/mol. The van der Waals surface area contributed by atoms with E-state index in [-0.39, 0.29) is 18.2 Å². The Morgan fingerprint density at radius 3 is 2.71 bits per heavy atom. The lowest BCUT2D eigenvalue weighted by atomic mass is 10.1. The molecule has 0 bridgehead atoms. The quantitative estimate of drug-likeness (QED) is 0.441. The summed E-state index contributed by atoms with van der Waals surface area (Å²) in [6.07, 6.45) is 3.06. The number of nitrogens with one attached hydrogen (secondary N) is 1. The van der Waals surface area contributed by atoms with Crippen molar-refractivity contribution in [2.75, 3.05) is 13.2 Å². The van der Waals surface area contributed by atoms with E-state index in [0.717, 1.165) is 0 Å². The monoisotopic (exact) mass is 348 g/mol. The Balaban J connectivity index is 3.24. The summed E-state index contributed by atoms with van der Waals surface area (Å²) in [5, 5.41) is 12.2. The van der Waals surface area contributed by atoms with Crippen LogP contribution in [0.15, 0.2) is 30.4 Å². The smallest absolute Gasteiger partial charge is 0.262 e. The molecule has 0 atom stereocenters. The van der Waals surface area contributed by atoms with Crippen LogP contribution < -0.4 is 14.8 Å². The Hall–Kier alpha value is -2.45. The van der Waals surface area contributed by atoms with Gasteiger partial charge in [-0.15, -0.1) is 0 Å². The number of hydrogen-bond acceptors (Lipinski definition) is 4. The Bertz CT molecular complexity index is 676. The lowest BCUT2D eigenvalue weighted by Crippen LogP contribution is -2.30. The van der Waals surface area contributed by atoms with E-state index in [9.17, 15) is 10.1 Å². The lowest BCUT2D eigenvalue weighted by molar-refractivity contribution is -0.117. The molecule has 1 aromatic rings. The van der Waals surface area contributed by atoms with Crippen LogP contribution in [0.25, 0.3) is 6.08 Å². The summed E-state index contributed by atoms with van der Waals surface area (Å²) >= 11 is 6.24. The summed E-state index contributed by atoms with van der Waals surface area (Å²) in [6.45, 7) is 9.79. The first-order valence-corrected chi connectivity index (χ1v) is 7.93. The molecule has 5 nitrogen and oxygen atoms in total. The third-order valence-electron chi connectivity index (χ3n) is 2.77. The minimum atomic E-state index is -0.437. The lowest BCUT2D eigenvalue weighted by Gasteiger charge is -2.13. The fourth-order valence-corrected chi connectivity index (χ4v) is 2.15. The third-order valence-corrected chi connectivity index (χ3v) is 3.05. The third kappa shape index (κ3) is 5.64. The van der Waals surface area contributed by atoms with Crippen LogP contribution in [0.3, 0.4) is 0 Å². The molecule has 0 unspecified atom stereocenters. The van der Waals surface area contributed by atoms with Gasteiger partial charge in [-0.1, -0.05) is 24.3 Å². The van der Waals surface area contributed by atoms with Gasteiger partial charge in [0.2, 0.25) is 0 Å². The van der Waals surface area contributed by atoms with E-state index in [1.54, 1.807) is 18.2 Å². The summed E-state index contributed by atoms with van der Waals surface area (Å²) in [6, 6.07) is 5.12. The summed E-state index contributed by atoms with van der Waals surface area (Å²) in [5.41, 5.74) is 0.562. The Labute approximate surface area is 147 Å². The van der Waals surface area contributed by atoms with Gasteiger partial charge < -0.3 is 14.8 Å². The van der Waals surface area contributed by atoms with Gasteiger partial charge in [-0.05, 0) is 44.5 Å². The first-order chi connectivity index (χ1) is 11.4. The van der Waals surface area contributed by atoms with Crippen molar-refractivity contribution in [3.05, 3.63) is 40.9 Å². The average Bonchev–Trinajstić information content (AvgIpc) is 2.51. The van der Waals surface area contributed by atoms with Crippen molar-refractivity contribution in [2.24, 2.45) is 0 Å². The first-order valence-electron chi connectivity index (χ1n) is 7.55. The minimum Gasteiger partial charge on any atom is -0.490 e. The zero-order chi connectivity index (χ0) is 18.1. The fraction of sp³-hybridized carbons (Fsp3) is 0.333. The normalized spacial score (nSPS) is 10.9. The summed E-state index contributed by atoms with van der Waals surface area (Å²) < 4.78 is 11.1. The van der Waals surface area contributed by atoms with Gasteiger partial charge in [-0.3, -0.25) is 4.79 Å². The number of amides is 1. The highest BCUT2D eigenvalue weighted by atomic mass is 35.5. The molecule has 128 valence electrons. The molecule has 0 fully saturated rings. The molecule has 0 aliphatic heterocycles. The average molecular weight is 349 g/mol. The van der Waals surface area contributed by atoms with Crippen LogP contribution in [-0.2, 0) is 4.79 Å². The van der Waals surface area contributed by atoms with Gasteiger partial charge in [0.05, 0.1) is 11.6 Å². The molecule has 1 rings (SSSR count). The molecule has 0 aromatic heterocycles. The Morgan fingerprint density at radius 2 is 2.17 bits per heavy atom. The van der Waals surface area contributed by atoms with Gasteiger partial charge in [-0.2, -0.15) is 5.26 Å². The number of benzene rings is 1. The van der Waals surface area contributed by atoms with Gasteiger partial charge in [0.15, 0.2) is 11.5 Å². The zero-order valence-corrected chi connectivity index (χ0v) is 14.8. The van der Waals surface area contributed by atoms with Crippen LogP contribution in [0.2, 0.25) is 5.02 Å². The first kappa shape index (κ1) is 19.6. The van der Waals surface area contributed by atoms with Gasteiger partial charge in [0, 0.05) is 6.04 Å². The highest BCUT2D eigenvalue weighted by molar-refractivity contribution is 6.32. The summed E-state index contributed by atoms with van der Waals surface area (Å²) in [4.78, 5) is 12.0. The van der Waals surface area contributed by atoms with E-state index < -0.39 is 5.91 Å². The van der Waals surface area contributed by atoms with Crippen molar-refractivity contribution in [3.63, 3.8) is 0 Å². The van der Waals surface area contributed by atoms with Crippen LogP contribution >= 0.6 is 11.6 Å². The standard InChI is InChI=1S/C18H21ClN2O3/c1-5-7-24-17-15(19)9-13(10-16(17)23-6-2)8-14(11-20)18(22)21-12(3)4/h5,8-10,12H,1,6-7H2,2-4H3,(H,21,22)/b14-8-. The molecule has 0 saturated heterocycles. The number of halogens is 1. The topological polar surface area (TPSA) is 71.3 Å². The van der Waals surface area contributed by atoms with Gasteiger partial charge in [0.1, 0.15) is 18.2 Å². The molecule has 0 heterocycles. The van der Waals surface area contributed by atoms with E-state index in [4.69, 9.17) is 21.1 Å². The molecule has 0 aliphatic rings. The molecule has 0 aliphatic carbocycles. The maximum Gasteiger partial charge on any atom is 0.262 e. The van der Waals surface area contributed by atoms with Crippen molar-refractivity contribution in [3.8, 4) is 17.6 Å². The molecule has 24 heavy (non-hydrogen) atoms. The number of hydrogen-bond donors (Lipinski definition) is 1. The highest BCUT2D eigenvalue weighted by Crippen LogP contribution is 2.37. The van der Waals surface area contributed by atoms with Crippen LogP contribution in [0, 0.1) is 11.3 Å². The fourth-order valence-electron chi connectivity index (χ4n) is 1.87. The van der Waals surface area contributed by atoms with Crippen LogP contribution in [0.4, 0.5) is 0 Å². The van der Waals surface area contributed by atoms with Crippen LogP contribution in [0.5, 0.6) is 11.5 Å². The molecular weight excluding hydrogens is 328 g/mol. The molecule has 1 aromatic carbocycles. The van der Waals surface area contributed by atoms with E-state index in [1.807, 2.05) is 26.8 Å². The van der Waals surface area contributed by atoms with Gasteiger partial charge in [0.25, 0.3) is 5.91 Å². The van der Waals surface area contributed by atoms with Crippen molar-refractivity contribution in [1.29, 1.82) is 5.26 Å². The minimum absolute atomic E-state index is 0.0121. The molecule has 0 saturated carbocycles. The maximum absolute atomic E-state index is 12.0. The zero-order valence-electron chi connectivity index (χ0n) is 14.1. The van der Waals surface area contributed by atoms with Crippen LogP contribution in [0.1, 0.15) is 26.3 Å². The van der Waals surface area contributed by atoms with Gasteiger partial charge >= 0.3 is 0 Å². The highest BCUT2D eigenvalue weighted by Gasteiger charge is 2.14. The molecule has 1 N–H and O–H groups in total. The maximum atomic E-state index is 12.0. The molecular formula is C18H21ClN2O3. The van der Waals surface area contributed by atoms with E-state index in [0.29, 0.717) is 28.7 Å². The Morgan fingerprint density at radius 1 is 1.46 bits per heavy atom. The second-order valence-corrected chi connectivity index (χ2v) is 5.57. The molecule has 1 amide bonds. The van der Waals surface area contributed by atoms with E-state index in [2.05, 4.69) is 11.9 Å². The van der Waals surface area contributed by atoms with Crippen molar-refractivity contribution in [1.82, 2.24) is 5.32 Å². The second kappa shape index (κ2) is 9.64. The van der Waals surface area contributed by atoms with E-state index in [1.165, 1.54) is 6.08 Å². The number of ether oxygens (including phenoxy) is 2. The van der Waals surface area contributed by atoms with Crippen molar-refractivity contribution in [2.45, 2.75) is 26.8 Å². The number of carbonyl (C=O) groups excluding carboxylic acids is 1. The second-order valence-electron chi connectivity index (χ2n) is 5.16. The number of nitrogens with zero attached hydrogens (tertiary/aromatic N) is 1. The largest absolute Gasteiger partial charge is 0.490 e. The van der Waals surface area contributed by atoms with Gasteiger partial charge in [-0.25, -0.2) is 0 Å². The number of nitriles is 1. The van der Waals surface area contributed by atoms with Crippen LogP contribution in [-0.4, -0.2) is 25.2 Å². The van der Waals surface area contributed by atoms with E-state index >= 15 is 0 Å². The summed E-state index contributed by atoms with van der Waals surface area (Å²) in [7, 11) is 0. The molecule has 6 heteroatoms. The van der Waals surface area contributed by atoms with Crippen molar-refractivity contribution >= 4 is 23.6 Å². The van der Waals surface area contributed by atoms with Crippen molar-refractivity contribution < 1.29 is 14.3 Å². The number of carbonyl (C=O) groups is 1. The summed E-state index contributed by atoms with van der Waals surface area (Å²) in [5.74, 6) is 0.411. The number of rotatable bonds is 8. The predicted octanol–water partition coefficient (Wildman–Crippen LogP) is 3.74. The molecule has 0 spiro atoms. The SMILES string of the molecule is C=CCOc1c(Cl)cc(/C=C(/C#N)C(=O)NC(C)C)cc1OCC. The Kier molecular flexibility index (Phi) is 7.87.